The Hall–Kier alpha value is 0.250. The first-order valence-corrected chi connectivity index (χ1v) is 4.34. The smallest absolute Gasteiger partial charge is 0.549 e. The summed E-state index contributed by atoms with van der Waals surface area (Å²) in [5.74, 6) is -1.76. The van der Waals surface area contributed by atoms with Gasteiger partial charge in [-0.15, -0.1) is 11.8 Å². The molecule has 1 unspecified atom stereocenters. The van der Waals surface area contributed by atoms with Gasteiger partial charge in [-0.3, -0.25) is 4.79 Å². The van der Waals surface area contributed by atoms with Crippen LogP contribution < -0.4 is 40.4 Å². The van der Waals surface area contributed by atoms with Crippen molar-refractivity contribution in [2.75, 3.05) is 12.4 Å². The van der Waals surface area contributed by atoms with Gasteiger partial charge in [-0.1, -0.05) is 0 Å². The average molecular weight is 215 g/mol. The minimum Gasteiger partial charge on any atom is -0.549 e. The molecule has 0 aromatic rings. The molecule has 5 nitrogen and oxygen atoms in total. The number of aliphatic carboxylic acids is 1. The molecule has 0 spiro atoms. The first-order chi connectivity index (χ1) is 5.57. The number of rotatable bonds is 6. The summed E-state index contributed by atoms with van der Waals surface area (Å²) in [6.45, 7) is -0.132. The van der Waals surface area contributed by atoms with Crippen LogP contribution in [0.5, 0.6) is 0 Å². The quantitative estimate of drug-likeness (QED) is 0.431. The number of thioether (sulfide) groups is 1. The number of hydrogen-bond acceptors (Lipinski definition) is 5. The third-order valence-corrected chi connectivity index (χ3v) is 2.24. The summed E-state index contributed by atoms with van der Waals surface area (Å²) in [5.41, 5.74) is 4.80. The molecule has 0 rings (SSSR count). The topological polar surface area (TPSA) is 103 Å². The van der Waals surface area contributed by atoms with Gasteiger partial charge in [0.1, 0.15) is 0 Å². The molecule has 0 saturated heterocycles. The monoisotopic (exact) mass is 215 g/mol. The first-order valence-electron chi connectivity index (χ1n) is 3.29. The van der Waals surface area contributed by atoms with E-state index in [0.717, 1.165) is 11.8 Å². The van der Waals surface area contributed by atoms with Gasteiger partial charge in [0.25, 0.3) is 0 Å². The Labute approximate surface area is 102 Å². The molecule has 1 atom stereocenters. The van der Waals surface area contributed by atoms with Crippen LogP contribution in [-0.4, -0.2) is 34.6 Å². The molecule has 13 heavy (non-hydrogen) atoms. The number of nitrogens with two attached hydrogens (primary N) is 1. The molecule has 0 radical (unpaired) electrons. The number of primary amides is 1. The van der Waals surface area contributed by atoms with Crippen molar-refractivity contribution >= 4 is 23.6 Å². The van der Waals surface area contributed by atoms with E-state index in [9.17, 15) is 14.7 Å². The van der Waals surface area contributed by atoms with Crippen LogP contribution in [0.15, 0.2) is 0 Å². The Morgan fingerprint density at radius 3 is 2.38 bits per heavy atom. The molecule has 1 amide bonds. The molecule has 0 aromatic heterocycles. The Balaban J connectivity index is 0. The summed E-state index contributed by atoms with van der Waals surface area (Å²) >= 11 is 0.945. The zero-order chi connectivity index (χ0) is 9.56. The molecule has 0 fully saturated rings. The Morgan fingerprint density at radius 1 is 1.54 bits per heavy atom. The van der Waals surface area contributed by atoms with Crippen LogP contribution in [-0.2, 0) is 9.59 Å². The Morgan fingerprint density at radius 2 is 2.08 bits per heavy atom. The second-order valence-corrected chi connectivity index (χ2v) is 3.38. The van der Waals surface area contributed by atoms with Gasteiger partial charge in [-0.05, 0) is 0 Å². The van der Waals surface area contributed by atoms with Crippen molar-refractivity contribution in [2.45, 2.75) is 11.7 Å². The van der Waals surface area contributed by atoms with Crippen LogP contribution in [0.2, 0.25) is 0 Å². The summed E-state index contributed by atoms with van der Waals surface area (Å²) in [6.07, 6.45) is -0.257. The van der Waals surface area contributed by atoms with Crippen LogP contribution in [0.25, 0.3) is 0 Å². The average Bonchev–Trinajstić information content (AvgIpc) is 1.96. The van der Waals surface area contributed by atoms with E-state index in [-0.39, 0.29) is 48.3 Å². The van der Waals surface area contributed by atoms with Crippen molar-refractivity contribution in [3.8, 4) is 0 Å². The first kappa shape index (κ1) is 15.7. The fourth-order valence-corrected chi connectivity index (χ4v) is 1.40. The fourth-order valence-electron chi connectivity index (χ4n) is 0.588. The van der Waals surface area contributed by atoms with E-state index in [0.29, 0.717) is 0 Å². The van der Waals surface area contributed by atoms with Crippen LogP contribution in [0.3, 0.4) is 0 Å². The minimum absolute atomic E-state index is 0. The van der Waals surface area contributed by atoms with Crippen molar-refractivity contribution in [1.29, 1.82) is 0 Å². The van der Waals surface area contributed by atoms with Gasteiger partial charge in [-0.25, -0.2) is 0 Å². The van der Waals surface area contributed by atoms with E-state index in [1.807, 2.05) is 0 Å². The summed E-state index contributed by atoms with van der Waals surface area (Å²) < 4.78 is 0. The summed E-state index contributed by atoms with van der Waals surface area (Å²) in [4.78, 5) is 20.7. The molecule has 0 saturated carbocycles. The number of carboxylic acids is 1. The molecule has 0 aliphatic carbocycles. The summed E-state index contributed by atoms with van der Waals surface area (Å²) in [6, 6.07) is 0. The van der Waals surface area contributed by atoms with Crippen molar-refractivity contribution in [3.05, 3.63) is 0 Å². The maximum atomic E-state index is 10.3. The van der Waals surface area contributed by atoms with Crippen LogP contribution in [0.1, 0.15) is 6.42 Å². The number of aliphatic hydroxyl groups excluding tert-OH is 1. The van der Waals surface area contributed by atoms with Gasteiger partial charge < -0.3 is 20.7 Å². The van der Waals surface area contributed by atoms with E-state index in [2.05, 4.69) is 0 Å². The SMILES string of the molecule is NC(=O)CC(SCCO)C(=O)[O-].[Na+]. The molecule has 0 heterocycles. The van der Waals surface area contributed by atoms with Crippen molar-refractivity contribution in [3.63, 3.8) is 0 Å². The maximum absolute atomic E-state index is 10.3. The Bertz CT molecular complexity index is 178. The second-order valence-electron chi connectivity index (χ2n) is 2.07. The van der Waals surface area contributed by atoms with Gasteiger partial charge in [0.15, 0.2) is 0 Å². The standard InChI is InChI=1S/C6H11NO4S.Na/c7-5(9)3-4(6(10)11)12-2-1-8;/h4,8H,1-3H2,(H2,7,9)(H,10,11);/q;+1/p-1. The predicted molar refractivity (Wildman–Crippen MR) is 42.2 cm³/mol. The van der Waals surface area contributed by atoms with Crippen LogP contribution >= 0.6 is 11.8 Å². The fraction of sp³-hybridized carbons (Fsp3) is 0.667. The maximum Gasteiger partial charge on any atom is 1.00 e. The molecule has 0 bridgehead atoms. The van der Waals surface area contributed by atoms with E-state index >= 15 is 0 Å². The van der Waals surface area contributed by atoms with Gasteiger partial charge >= 0.3 is 29.6 Å². The van der Waals surface area contributed by atoms with E-state index in [4.69, 9.17) is 10.8 Å². The van der Waals surface area contributed by atoms with Crippen molar-refractivity contribution < 1.29 is 49.4 Å². The molecule has 0 aliphatic rings. The zero-order valence-electron chi connectivity index (χ0n) is 7.36. The second kappa shape index (κ2) is 8.83. The number of aliphatic hydroxyl groups is 1. The zero-order valence-corrected chi connectivity index (χ0v) is 10.2. The van der Waals surface area contributed by atoms with Crippen molar-refractivity contribution in [2.24, 2.45) is 5.73 Å². The molecule has 7 heteroatoms. The third kappa shape index (κ3) is 8.58. The molecule has 0 aliphatic heterocycles. The molecule has 3 N–H and O–H groups in total. The van der Waals surface area contributed by atoms with Crippen LogP contribution in [0, 0.1) is 0 Å². The minimum atomic E-state index is -1.33. The molecular formula is C6H10NNaO4S. The Kier molecular flexibility index (Phi) is 10.7. The molecular weight excluding hydrogens is 205 g/mol. The molecule has 70 valence electrons. The van der Waals surface area contributed by atoms with Gasteiger partial charge in [0.05, 0.1) is 17.8 Å². The summed E-state index contributed by atoms with van der Waals surface area (Å²) in [7, 11) is 0. The molecule has 0 aromatic carbocycles. The normalized spacial score (nSPS) is 11.5. The van der Waals surface area contributed by atoms with E-state index in [1.54, 1.807) is 0 Å². The van der Waals surface area contributed by atoms with Gasteiger partial charge in [0, 0.05) is 12.2 Å². The number of carbonyl (C=O) groups is 2. The number of amides is 1. The van der Waals surface area contributed by atoms with E-state index < -0.39 is 17.1 Å². The van der Waals surface area contributed by atoms with Gasteiger partial charge in [0.2, 0.25) is 5.91 Å². The van der Waals surface area contributed by atoms with Gasteiger partial charge in [-0.2, -0.15) is 0 Å². The largest absolute Gasteiger partial charge is 1.00 e. The van der Waals surface area contributed by atoms with E-state index in [1.165, 1.54) is 0 Å². The number of carboxylic acid groups (broad SMARTS) is 1. The number of carbonyl (C=O) groups excluding carboxylic acids is 2. The van der Waals surface area contributed by atoms with Crippen LogP contribution in [0.4, 0.5) is 0 Å². The van der Waals surface area contributed by atoms with Crippen molar-refractivity contribution in [1.82, 2.24) is 0 Å². The number of hydrogen-bond donors (Lipinski definition) is 2. The predicted octanol–water partition coefficient (Wildman–Crippen LogP) is -5.29. The summed E-state index contributed by atoms with van der Waals surface area (Å²) in [5, 5.41) is 17.8. The third-order valence-electron chi connectivity index (χ3n) is 1.06.